The van der Waals surface area contributed by atoms with E-state index in [0.29, 0.717) is 28.2 Å². The maximum absolute atomic E-state index is 12.6. The zero-order chi connectivity index (χ0) is 18.0. The summed E-state index contributed by atoms with van der Waals surface area (Å²) in [6, 6.07) is 13.3. The van der Waals surface area contributed by atoms with Gasteiger partial charge in [-0.05, 0) is 30.7 Å². The molecule has 3 rings (SSSR count). The molecule has 0 aliphatic heterocycles. The molecule has 0 aliphatic rings. The van der Waals surface area contributed by atoms with Crippen LogP contribution in [0.2, 0.25) is 0 Å². The summed E-state index contributed by atoms with van der Waals surface area (Å²) in [6.07, 6.45) is 0.298. The minimum Gasteiger partial charge on any atom is -0.480 e. The van der Waals surface area contributed by atoms with Crippen molar-refractivity contribution in [3.05, 3.63) is 58.8 Å². The van der Waals surface area contributed by atoms with Gasteiger partial charge in [0, 0.05) is 10.8 Å². The van der Waals surface area contributed by atoms with Gasteiger partial charge in [-0.1, -0.05) is 31.2 Å². The topological polar surface area (TPSA) is 88.4 Å². The average molecular weight is 338 g/mol. The van der Waals surface area contributed by atoms with Gasteiger partial charge in [-0.25, -0.2) is 4.79 Å². The lowest BCUT2D eigenvalue weighted by Crippen LogP contribution is -2.41. The molecule has 0 fully saturated rings. The van der Waals surface area contributed by atoms with Gasteiger partial charge in [-0.3, -0.25) is 9.59 Å². The molecule has 128 valence electrons. The minimum atomic E-state index is -1.06. The fourth-order valence-corrected chi connectivity index (χ4v) is 2.97. The Morgan fingerprint density at radius 2 is 1.56 bits per heavy atom. The fraction of sp³-hybridized carbons (Fsp3) is 0.211. The third kappa shape index (κ3) is 3.10. The fourth-order valence-electron chi connectivity index (χ4n) is 2.97. The number of benzene rings is 2. The molecule has 6 nitrogen and oxygen atoms in total. The maximum atomic E-state index is 12.6. The van der Waals surface area contributed by atoms with Gasteiger partial charge in [0.15, 0.2) is 5.43 Å². The van der Waals surface area contributed by atoms with Crippen LogP contribution in [0.4, 0.5) is 0 Å². The van der Waals surface area contributed by atoms with Crippen molar-refractivity contribution < 1.29 is 14.7 Å². The summed E-state index contributed by atoms with van der Waals surface area (Å²) in [5.41, 5.74) is 1.20. The van der Waals surface area contributed by atoms with Gasteiger partial charge in [0.25, 0.3) is 0 Å². The number of hydrogen-bond donors (Lipinski definition) is 2. The molecule has 0 spiro atoms. The van der Waals surface area contributed by atoms with Crippen molar-refractivity contribution in [3.63, 3.8) is 0 Å². The Morgan fingerprint density at radius 3 is 2.04 bits per heavy atom. The van der Waals surface area contributed by atoms with Crippen LogP contribution in [0, 0.1) is 0 Å². The smallest absolute Gasteiger partial charge is 0.326 e. The molecule has 6 heteroatoms. The molecular weight excluding hydrogens is 320 g/mol. The highest BCUT2D eigenvalue weighted by Crippen LogP contribution is 2.19. The summed E-state index contributed by atoms with van der Waals surface area (Å²) in [7, 11) is 0. The van der Waals surface area contributed by atoms with Gasteiger partial charge in [0.05, 0.1) is 11.0 Å². The first kappa shape index (κ1) is 16.7. The maximum Gasteiger partial charge on any atom is 0.326 e. The summed E-state index contributed by atoms with van der Waals surface area (Å²) in [4.78, 5) is 36.2. The van der Waals surface area contributed by atoms with Crippen LogP contribution in [0.1, 0.15) is 13.3 Å². The number of para-hydroxylation sites is 2. The van der Waals surface area contributed by atoms with Crippen LogP contribution in [-0.2, 0) is 16.1 Å². The Balaban J connectivity index is 2.11. The molecule has 0 aliphatic carbocycles. The van der Waals surface area contributed by atoms with Crippen molar-refractivity contribution in [1.82, 2.24) is 9.88 Å². The summed E-state index contributed by atoms with van der Waals surface area (Å²) in [6.45, 7) is 1.63. The lowest BCUT2D eigenvalue weighted by molar-refractivity contribution is -0.141. The van der Waals surface area contributed by atoms with Crippen molar-refractivity contribution in [3.8, 4) is 0 Å². The number of carboxylic acid groups (broad SMARTS) is 1. The van der Waals surface area contributed by atoms with E-state index >= 15 is 0 Å². The largest absolute Gasteiger partial charge is 0.480 e. The van der Waals surface area contributed by atoms with E-state index in [-0.39, 0.29) is 12.0 Å². The Bertz CT molecular complexity index is 963. The van der Waals surface area contributed by atoms with Crippen LogP contribution < -0.4 is 10.7 Å². The molecule has 3 aromatic rings. The minimum absolute atomic E-state index is 0.0644. The summed E-state index contributed by atoms with van der Waals surface area (Å²) in [5.74, 6) is -1.47. The number of carboxylic acids is 1. The van der Waals surface area contributed by atoms with Crippen LogP contribution in [0.25, 0.3) is 21.8 Å². The quantitative estimate of drug-likeness (QED) is 0.698. The third-order valence-corrected chi connectivity index (χ3v) is 4.22. The van der Waals surface area contributed by atoms with E-state index in [0.717, 1.165) is 0 Å². The highest BCUT2D eigenvalue weighted by atomic mass is 16.4. The number of nitrogens with zero attached hydrogens (tertiary/aromatic N) is 1. The van der Waals surface area contributed by atoms with E-state index in [2.05, 4.69) is 5.32 Å². The Hall–Kier alpha value is -3.15. The molecule has 0 saturated heterocycles. The number of fused-ring (bicyclic) bond motifs is 2. The molecule has 0 unspecified atom stereocenters. The molecule has 2 aromatic carbocycles. The van der Waals surface area contributed by atoms with Crippen molar-refractivity contribution in [2.24, 2.45) is 0 Å². The van der Waals surface area contributed by atoms with E-state index < -0.39 is 17.9 Å². The van der Waals surface area contributed by atoms with Gasteiger partial charge in [-0.2, -0.15) is 0 Å². The van der Waals surface area contributed by atoms with Gasteiger partial charge in [-0.15, -0.1) is 0 Å². The van der Waals surface area contributed by atoms with Crippen LogP contribution >= 0.6 is 0 Å². The lowest BCUT2D eigenvalue weighted by atomic mass is 10.1. The Labute approximate surface area is 143 Å². The first-order chi connectivity index (χ1) is 12.0. The van der Waals surface area contributed by atoms with Crippen molar-refractivity contribution in [2.45, 2.75) is 25.9 Å². The first-order valence-corrected chi connectivity index (χ1v) is 8.05. The van der Waals surface area contributed by atoms with Gasteiger partial charge < -0.3 is 15.0 Å². The molecule has 0 saturated carbocycles. The molecule has 0 bridgehead atoms. The first-order valence-electron chi connectivity index (χ1n) is 8.05. The number of nitrogens with one attached hydrogen (secondary N) is 1. The van der Waals surface area contributed by atoms with Crippen LogP contribution in [0.5, 0.6) is 0 Å². The number of pyridine rings is 1. The second-order valence-electron chi connectivity index (χ2n) is 5.82. The van der Waals surface area contributed by atoms with Crippen molar-refractivity contribution in [2.75, 3.05) is 0 Å². The lowest BCUT2D eigenvalue weighted by Gasteiger charge is -2.17. The Morgan fingerprint density at radius 1 is 1.04 bits per heavy atom. The third-order valence-electron chi connectivity index (χ3n) is 4.22. The van der Waals surface area contributed by atoms with Crippen LogP contribution in [-0.4, -0.2) is 27.6 Å². The molecule has 1 heterocycles. The molecule has 1 amide bonds. The number of rotatable bonds is 5. The summed E-state index contributed by atoms with van der Waals surface area (Å²) in [5, 5.41) is 12.7. The number of amides is 1. The zero-order valence-corrected chi connectivity index (χ0v) is 13.7. The van der Waals surface area contributed by atoms with E-state index in [1.165, 1.54) is 0 Å². The zero-order valence-electron chi connectivity index (χ0n) is 13.7. The number of aliphatic carboxylic acids is 1. The Kier molecular flexibility index (Phi) is 4.52. The van der Waals surface area contributed by atoms with Gasteiger partial charge in [0.2, 0.25) is 5.91 Å². The van der Waals surface area contributed by atoms with E-state index in [1.807, 2.05) is 0 Å². The van der Waals surface area contributed by atoms with Gasteiger partial charge in [0.1, 0.15) is 12.6 Å². The second-order valence-corrected chi connectivity index (χ2v) is 5.82. The van der Waals surface area contributed by atoms with E-state index in [4.69, 9.17) is 5.11 Å². The molecular formula is C19H18N2O4. The monoisotopic (exact) mass is 338 g/mol. The number of carbonyl (C=O) groups is 2. The molecule has 1 atom stereocenters. The molecule has 0 radical (unpaired) electrons. The number of hydrogen-bond acceptors (Lipinski definition) is 3. The molecule has 1 aromatic heterocycles. The standard InChI is InChI=1S/C19H18N2O4/c1-2-14(19(24)25)20-17(22)11-21-15-9-5-3-7-12(15)18(23)13-8-4-6-10-16(13)21/h3-10,14H,2,11H2,1H3,(H,20,22)(H,24,25)/t14-/m0/s1. The molecule has 2 N–H and O–H groups in total. The summed E-state index contributed by atoms with van der Waals surface area (Å²) >= 11 is 0. The van der Waals surface area contributed by atoms with Crippen molar-refractivity contribution in [1.29, 1.82) is 0 Å². The van der Waals surface area contributed by atoms with Crippen LogP contribution in [0.15, 0.2) is 53.3 Å². The molecule has 25 heavy (non-hydrogen) atoms. The SMILES string of the molecule is CC[C@H](NC(=O)Cn1c2ccccc2c(=O)c2ccccc21)C(=O)O. The summed E-state index contributed by atoms with van der Waals surface area (Å²) < 4.78 is 1.75. The highest BCUT2D eigenvalue weighted by molar-refractivity contribution is 5.95. The van der Waals surface area contributed by atoms with Crippen molar-refractivity contribution >= 4 is 33.7 Å². The van der Waals surface area contributed by atoms with Crippen LogP contribution in [0.3, 0.4) is 0 Å². The predicted octanol–water partition coefficient (Wildman–Crippen LogP) is 2.13. The van der Waals surface area contributed by atoms with Gasteiger partial charge >= 0.3 is 5.97 Å². The highest BCUT2D eigenvalue weighted by Gasteiger charge is 2.19. The second kappa shape index (κ2) is 6.76. The average Bonchev–Trinajstić information content (AvgIpc) is 2.63. The number of carbonyl (C=O) groups excluding carboxylic acids is 1. The normalized spacial score (nSPS) is 12.2. The predicted molar refractivity (Wildman–Crippen MR) is 95.6 cm³/mol. The number of aromatic nitrogens is 1. The van der Waals surface area contributed by atoms with E-state index in [1.54, 1.807) is 60.0 Å². The van der Waals surface area contributed by atoms with E-state index in [9.17, 15) is 14.4 Å².